The highest BCUT2D eigenvalue weighted by Gasteiger charge is 2.42. The highest BCUT2D eigenvalue weighted by atomic mass is 16.5. The maximum atomic E-state index is 10.1. The van der Waals surface area contributed by atoms with E-state index in [0.717, 1.165) is 51.4 Å². The number of likely N-dealkylation sites (N-methyl/N-ethyl adjacent to an activating group) is 1. The summed E-state index contributed by atoms with van der Waals surface area (Å²) in [6, 6.07) is 0.0706. The minimum Gasteiger partial charge on any atom is -0.399 e. The van der Waals surface area contributed by atoms with E-state index in [1.165, 1.54) is 5.01 Å². The number of nitrogens with zero attached hydrogens (tertiary/aromatic N) is 5. The molecule has 7 unspecified atom stereocenters. The van der Waals surface area contributed by atoms with Gasteiger partial charge in [-0.05, 0) is 30.9 Å². The van der Waals surface area contributed by atoms with E-state index in [0.29, 0.717) is 77.2 Å². The van der Waals surface area contributed by atoms with Gasteiger partial charge in [0.25, 0.3) is 0 Å². The minimum absolute atomic E-state index is 0.0706. The molecule has 1 aromatic rings. The van der Waals surface area contributed by atoms with E-state index in [4.69, 9.17) is 35.3 Å². The Bertz CT molecular complexity index is 1020. The third-order valence-electron chi connectivity index (χ3n) is 8.64. The lowest BCUT2D eigenvalue weighted by molar-refractivity contribution is -0.230. The Balaban J connectivity index is 1.07. The molecule has 1 aliphatic carbocycles. The Labute approximate surface area is 283 Å². The van der Waals surface area contributed by atoms with E-state index in [-0.39, 0.29) is 12.1 Å². The first kappa shape index (κ1) is 40.3. The Morgan fingerprint density at radius 3 is 2.25 bits per heavy atom. The van der Waals surface area contributed by atoms with Crippen LogP contribution < -0.4 is 16.6 Å². The molecule has 0 bridgehead atoms. The molecule has 0 aromatic carbocycles. The summed E-state index contributed by atoms with van der Waals surface area (Å²) in [6.45, 7) is 3.44. The van der Waals surface area contributed by atoms with Crippen LogP contribution in [0.2, 0.25) is 0 Å². The SMILES string of the molecule is CN(C1CCC1O)n1cc(COCCOCCOCCN(N)/C=C(\N)COCCCCCCCCC2OC(CO)C(O)C(O)C2O)nn1. The molecule has 2 aliphatic rings. The lowest BCUT2D eigenvalue weighted by Crippen LogP contribution is -2.58. The molecule has 278 valence electrons. The molecule has 2 heterocycles. The van der Waals surface area contributed by atoms with E-state index in [9.17, 15) is 25.5 Å². The van der Waals surface area contributed by atoms with Gasteiger partial charge in [0.05, 0.1) is 89.5 Å². The standard InChI is InChI=1S/C31H59N7O10/c1-36(25-9-10-26(25)40)38-19-24(34-35-38)22-47-17-16-45-15-14-44-13-11-37(33)18-23(32)21-46-12-7-5-3-2-4-6-8-27-29(41)31(43)30(42)28(20-39)48-27/h18-19,25-31,39-43H,2-17,20-22,32-33H2,1H3/b23-18-. The van der Waals surface area contributed by atoms with Crippen molar-refractivity contribution in [1.29, 1.82) is 0 Å². The first-order valence-corrected chi connectivity index (χ1v) is 17.1. The molecule has 48 heavy (non-hydrogen) atoms. The Morgan fingerprint density at radius 2 is 1.56 bits per heavy atom. The normalized spacial score (nSPS) is 26.1. The monoisotopic (exact) mass is 689 g/mol. The first-order chi connectivity index (χ1) is 23.2. The van der Waals surface area contributed by atoms with Gasteiger partial charge in [-0.2, -0.15) is 4.79 Å². The minimum atomic E-state index is -1.31. The molecule has 1 saturated carbocycles. The van der Waals surface area contributed by atoms with Crippen molar-refractivity contribution in [3.8, 4) is 0 Å². The topological polar surface area (TPSA) is 237 Å². The zero-order chi connectivity index (χ0) is 34.7. The summed E-state index contributed by atoms with van der Waals surface area (Å²) in [7, 11) is 1.88. The van der Waals surface area contributed by atoms with Crippen LogP contribution in [0.5, 0.6) is 0 Å². The summed E-state index contributed by atoms with van der Waals surface area (Å²) in [5.74, 6) is 5.97. The average Bonchev–Trinajstić information content (AvgIpc) is 3.54. The van der Waals surface area contributed by atoms with Crippen LogP contribution in [-0.4, -0.2) is 155 Å². The molecule has 2 fully saturated rings. The summed E-state index contributed by atoms with van der Waals surface area (Å²) in [6.07, 6.45) is 6.03. The smallest absolute Gasteiger partial charge is 0.111 e. The molecule has 1 aromatic heterocycles. The van der Waals surface area contributed by atoms with Crippen LogP contribution in [-0.2, 0) is 30.3 Å². The van der Waals surface area contributed by atoms with Gasteiger partial charge in [-0.1, -0.05) is 32.1 Å². The second-order valence-corrected chi connectivity index (χ2v) is 12.5. The largest absolute Gasteiger partial charge is 0.399 e. The maximum absolute atomic E-state index is 10.1. The van der Waals surface area contributed by atoms with E-state index < -0.39 is 37.1 Å². The lowest BCUT2D eigenvalue weighted by atomic mass is 9.89. The van der Waals surface area contributed by atoms with Crippen LogP contribution in [0.25, 0.3) is 0 Å². The first-order valence-electron chi connectivity index (χ1n) is 17.1. The van der Waals surface area contributed by atoms with E-state index in [2.05, 4.69) is 10.3 Å². The van der Waals surface area contributed by atoms with Gasteiger partial charge in [0.15, 0.2) is 0 Å². The lowest BCUT2D eigenvalue weighted by Gasteiger charge is -2.40. The zero-order valence-corrected chi connectivity index (χ0v) is 28.3. The number of ether oxygens (including phenoxy) is 5. The molecule has 1 saturated heterocycles. The Kier molecular flexibility index (Phi) is 18.9. The molecule has 7 atom stereocenters. The van der Waals surface area contributed by atoms with Gasteiger partial charge in [0.2, 0.25) is 0 Å². The van der Waals surface area contributed by atoms with E-state index >= 15 is 0 Å². The second kappa shape index (κ2) is 22.5. The predicted molar refractivity (Wildman–Crippen MR) is 175 cm³/mol. The van der Waals surface area contributed by atoms with Gasteiger partial charge in [-0.3, -0.25) is 5.01 Å². The van der Waals surface area contributed by atoms with Gasteiger partial charge in [0.1, 0.15) is 30.1 Å². The van der Waals surface area contributed by atoms with Crippen molar-refractivity contribution in [2.75, 3.05) is 71.5 Å². The molecule has 0 radical (unpaired) electrons. The molecule has 17 heteroatoms. The molecule has 9 N–H and O–H groups in total. The van der Waals surface area contributed by atoms with Gasteiger partial charge >= 0.3 is 0 Å². The summed E-state index contributed by atoms with van der Waals surface area (Å²) < 4.78 is 27.9. The highest BCUT2D eigenvalue weighted by Crippen LogP contribution is 2.25. The van der Waals surface area contributed by atoms with Crippen molar-refractivity contribution in [2.45, 2.75) is 107 Å². The number of hydrazine groups is 1. The predicted octanol–water partition coefficient (Wildman–Crippen LogP) is -1.52. The molecule has 17 nitrogen and oxygen atoms in total. The van der Waals surface area contributed by atoms with Gasteiger partial charge in [-0.25, -0.2) is 5.84 Å². The number of rotatable bonds is 26. The fourth-order valence-electron chi connectivity index (χ4n) is 5.53. The van der Waals surface area contributed by atoms with Crippen LogP contribution in [0.4, 0.5) is 0 Å². The zero-order valence-electron chi connectivity index (χ0n) is 28.3. The molecule has 3 rings (SSSR count). The number of hydrogen-bond acceptors (Lipinski definition) is 16. The van der Waals surface area contributed by atoms with Crippen molar-refractivity contribution >= 4 is 0 Å². The third kappa shape index (κ3) is 14.0. The van der Waals surface area contributed by atoms with Crippen LogP contribution >= 0.6 is 0 Å². The van der Waals surface area contributed by atoms with Crippen LogP contribution in [0, 0.1) is 0 Å². The summed E-state index contributed by atoms with van der Waals surface area (Å²) >= 11 is 0. The van der Waals surface area contributed by atoms with Gasteiger partial charge in [0, 0.05) is 19.9 Å². The second-order valence-electron chi connectivity index (χ2n) is 12.5. The van der Waals surface area contributed by atoms with Crippen molar-refractivity contribution in [1.82, 2.24) is 20.1 Å². The van der Waals surface area contributed by atoms with E-state index in [1.54, 1.807) is 17.2 Å². The van der Waals surface area contributed by atoms with Crippen molar-refractivity contribution in [2.24, 2.45) is 11.6 Å². The Hall–Kier alpha value is -2.16. The summed E-state index contributed by atoms with van der Waals surface area (Å²) in [4.78, 5) is 1.64. The van der Waals surface area contributed by atoms with Gasteiger partial charge in [-0.15, -0.1) is 5.10 Å². The summed E-state index contributed by atoms with van der Waals surface area (Å²) in [5, 5.41) is 60.5. The van der Waals surface area contributed by atoms with Crippen LogP contribution in [0.1, 0.15) is 63.5 Å². The highest BCUT2D eigenvalue weighted by molar-refractivity contribution is 5.02. The third-order valence-corrected chi connectivity index (χ3v) is 8.64. The number of aliphatic hydroxyl groups excluding tert-OH is 5. The quantitative estimate of drug-likeness (QED) is 0.0332. The number of unbranched alkanes of at least 4 members (excludes halogenated alkanes) is 5. The number of aromatic nitrogens is 3. The van der Waals surface area contributed by atoms with Gasteiger partial charge < -0.3 is 60.0 Å². The molecule has 1 aliphatic heterocycles. The van der Waals surface area contributed by atoms with Crippen LogP contribution in [0.15, 0.2) is 18.1 Å². The Morgan fingerprint density at radius 1 is 0.896 bits per heavy atom. The maximum Gasteiger partial charge on any atom is 0.111 e. The van der Waals surface area contributed by atoms with Crippen LogP contribution in [0.3, 0.4) is 0 Å². The fraction of sp³-hybridized carbons (Fsp3) is 0.871. The average molecular weight is 690 g/mol. The molecule has 0 amide bonds. The number of nitrogens with two attached hydrogens (primary N) is 2. The van der Waals surface area contributed by atoms with Crippen molar-refractivity contribution in [3.05, 3.63) is 23.8 Å². The number of aliphatic hydroxyl groups is 5. The van der Waals surface area contributed by atoms with Crippen molar-refractivity contribution < 1.29 is 49.2 Å². The van der Waals surface area contributed by atoms with Crippen molar-refractivity contribution in [3.63, 3.8) is 0 Å². The molecular formula is C31H59N7O10. The number of hydrogen-bond donors (Lipinski definition) is 7. The van der Waals surface area contributed by atoms with E-state index in [1.807, 2.05) is 12.1 Å². The molecule has 0 spiro atoms. The fourth-order valence-corrected chi connectivity index (χ4v) is 5.53. The summed E-state index contributed by atoms with van der Waals surface area (Å²) in [5.41, 5.74) is 7.25. The molecular weight excluding hydrogens is 630 g/mol.